The van der Waals surface area contributed by atoms with Crippen molar-refractivity contribution in [3.63, 3.8) is 0 Å². The van der Waals surface area contributed by atoms with Crippen LogP contribution in [0.15, 0.2) is 36.9 Å². The van der Waals surface area contributed by atoms with Gasteiger partial charge in [0.2, 0.25) is 5.91 Å². The maximum atomic E-state index is 12.9. The number of nitrogens with one attached hydrogen (secondary N) is 1. The third kappa shape index (κ3) is 5.86. The van der Waals surface area contributed by atoms with E-state index in [1.165, 1.54) is 23.2 Å². The molecule has 1 aliphatic rings. The molecular weight excluding hydrogens is 404 g/mol. The number of hydrogen-bond donors (Lipinski definition) is 1. The maximum Gasteiger partial charge on any atom is 0.294 e. The molecule has 1 aromatic heterocycles. The van der Waals surface area contributed by atoms with Crippen molar-refractivity contribution in [2.24, 2.45) is 0 Å². The third-order valence-corrected chi connectivity index (χ3v) is 5.08. The smallest absolute Gasteiger partial charge is 0.294 e. The van der Waals surface area contributed by atoms with Crippen molar-refractivity contribution >= 4 is 17.5 Å². The molecule has 0 spiro atoms. The predicted molar refractivity (Wildman–Crippen MR) is 112 cm³/mol. The summed E-state index contributed by atoms with van der Waals surface area (Å²) < 4.78 is 6.48. The number of nitro benzene ring substituents is 1. The number of amides is 2. The van der Waals surface area contributed by atoms with Crippen molar-refractivity contribution in [2.75, 3.05) is 53.0 Å². The average Bonchev–Trinajstić information content (AvgIpc) is 3.31. The van der Waals surface area contributed by atoms with Gasteiger partial charge >= 0.3 is 0 Å². The van der Waals surface area contributed by atoms with Crippen LogP contribution in [0.3, 0.4) is 0 Å². The predicted octanol–water partition coefficient (Wildman–Crippen LogP) is 0.691. The molecule has 11 heteroatoms. The van der Waals surface area contributed by atoms with E-state index in [1.807, 2.05) is 4.90 Å². The van der Waals surface area contributed by atoms with E-state index in [0.29, 0.717) is 45.0 Å². The van der Waals surface area contributed by atoms with Crippen LogP contribution in [0.2, 0.25) is 0 Å². The zero-order chi connectivity index (χ0) is 22.2. The maximum absolute atomic E-state index is 12.9. The average molecular weight is 430 g/mol. The Hall–Kier alpha value is -3.31. The molecule has 1 aliphatic heterocycles. The van der Waals surface area contributed by atoms with Crippen molar-refractivity contribution in [3.05, 3.63) is 52.6 Å². The number of rotatable bonds is 9. The van der Waals surface area contributed by atoms with Crippen LogP contribution in [0.1, 0.15) is 16.8 Å². The standard InChI is InChI=1S/C20H26N6O5/c1-31-12-2-5-22-19(27)14-23-8-10-24(11-9-23)20(28)16-3-4-17(18(13-16)26(29)30)25-7-6-21-15-25/h3-4,6-7,13,15H,2,5,8-12,14H2,1H3,(H,22,27). The molecule has 0 saturated carbocycles. The van der Waals surface area contributed by atoms with E-state index in [4.69, 9.17) is 4.74 Å². The van der Waals surface area contributed by atoms with E-state index < -0.39 is 4.92 Å². The molecular formula is C20H26N6O5. The van der Waals surface area contributed by atoms with Gasteiger partial charge in [-0.2, -0.15) is 0 Å². The van der Waals surface area contributed by atoms with E-state index in [9.17, 15) is 19.7 Å². The molecule has 0 radical (unpaired) electrons. The number of ether oxygens (including phenoxy) is 1. The normalized spacial score (nSPS) is 14.4. The molecule has 2 amide bonds. The molecule has 3 rings (SSSR count). The fourth-order valence-electron chi connectivity index (χ4n) is 3.42. The lowest BCUT2D eigenvalue weighted by Crippen LogP contribution is -2.51. The van der Waals surface area contributed by atoms with Crippen molar-refractivity contribution in [1.82, 2.24) is 24.7 Å². The fraction of sp³-hybridized carbons (Fsp3) is 0.450. The van der Waals surface area contributed by atoms with Crippen LogP contribution in [0.5, 0.6) is 0 Å². The molecule has 0 unspecified atom stereocenters. The van der Waals surface area contributed by atoms with E-state index in [0.717, 1.165) is 6.42 Å². The lowest BCUT2D eigenvalue weighted by atomic mass is 10.1. The number of nitrogens with zero attached hydrogens (tertiary/aromatic N) is 5. The van der Waals surface area contributed by atoms with Crippen LogP contribution in [-0.2, 0) is 9.53 Å². The van der Waals surface area contributed by atoms with E-state index >= 15 is 0 Å². The van der Waals surface area contributed by atoms with Crippen molar-refractivity contribution in [3.8, 4) is 5.69 Å². The largest absolute Gasteiger partial charge is 0.385 e. The second kappa shape index (κ2) is 10.6. The Balaban J connectivity index is 1.56. The Morgan fingerprint density at radius 2 is 2.03 bits per heavy atom. The molecule has 1 aromatic carbocycles. The molecule has 1 N–H and O–H groups in total. The van der Waals surface area contributed by atoms with Crippen LogP contribution in [0, 0.1) is 10.1 Å². The van der Waals surface area contributed by atoms with Gasteiger partial charge in [0.25, 0.3) is 11.6 Å². The summed E-state index contributed by atoms with van der Waals surface area (Å²) in [4.78, 5) is 43.4. The number of carbonyl (C=O) groups is 2. The number of carbonyl (C=O) groups excluding carboxylic acids is 2. The van der Waals surface area contributed by atoms with Crippen molar-refractivity contribution < 1.29 is 19.2 Å². The summed E-state index contributed by atoms with van der Waals surface area (Å²) in [7, 11) is 1.62. The lowest BCUT2D eigenvalue weighted by molar-refractivity contribution is -0.384. The first-order valence-corrected chi connectivity index (χ1v) is 10.0. The minimum absolute atomic E-state index is 0.0541. The van der Waals surface area contributed by atoms with Gasteiger partial charge in [-0.1, -0.05) is 0 Å². The van der Waals surface area contributed by atoms with Gasteiger partial charge in [-0.05, 0) is 18.6 Å². The van der Waals surface area contributed by atoms with Gasteiger partial charge in [0, 0.05) is 70.5 Å². The van der Waals surface area contributed by atoms with Gasteiger partial charge in [0.15, 0.2) is 0 Å². The zero-order valence-corrected chi connectivity index (χ0v) is 17.4. The van der Waals surface area contributed by atoms with Crippen molar-refractivity contribution in [1.29, 1.82) is 0 Å². The number of hydrogen-bond acceptors (Lipinski definition) is 7. The number of aromatic nitrogens is 2. The van der Waals surface area contributed by atoms with Crippen LogP contribution >= 0.6 is 0 Å². The molecule has 166 valence electrons. The summed E-state index contributed by atoms with van der Waals surface area (Å²) in [6.07, 6.45) is 5.37. The molecule has 1 fully saturated rings. The number of methoxy groups -OCH3 is 1. The molecule has 2 heterocycles. The van der Waals surface area contributed by atoms with Gasteiger partial charge in [-0.15, -0.1) is 0 Å². The first kappa shape index (κ1) is 22.4. The van der Waals surface area contributed by atoms with Crippen LogP contribution in [0.4, 0.5) is 5.69 Å². The van der Waals surface area contributed by atoms with E-state index in [1.54, 1.807) is 30.3 Å². The summed E-state index contributed by atoms with van der Waals surface area (Å²) in [5.41, 5.74) is 0.452. The van der Waals surface area contributed by atoms with Gasteiger partial charge in [0.05, 0.1) is 17.8 Å². The summed E-state index contributed by atoms with van der Waals surface area (Å²) in [5, 5.41) is 14.4. The summed E-state index contributed by atoms with van der Waals surface area (Å²) >= 11 is 0. The van der Waals surface area contributed by atoms with Crippen molar-refractivity contribution in [2.45, 2.75) is 6.42 Å². The molecule has 11 nitrogen and oxygen atoms in total. The Morgan fingerprint density at radius 3 is 2.68 bits per heavy atom. The second-order valence-corrected chi connectivity index (χ2v) is 7.20. The van der Waals surface area contributed by atoms with Crippen LogP contribution < -0.4 is 5.32 Å². The van der Waals surface area contributed by atoms with Crippen LogP contribution in [-0.4, -0.2) is 89.1 Å². The van der Waals surface area contributed by atoms with Gasteiger partial charge in [-0.25, -0.2) is 4.98 Å². The van der Waals surface area contributed by atoms with E-state index in [2.05, 4.69) is 10.3 Å². The molecule has 0 aliphatic carbocycles. The quantitative estimate of drug-likeness (QED) is 0.353. The minimum atomic E-state index is -0.505. The minimum Gasteiger partial charge on any atom is -0.385 e. The monoisotopic (exact) mass is 430 g/mol. The highest BCUT2D eigenvalue weighted by Gasteiger charge is 2.25. The Labute approximate surface area is 179 Å². The summed E-state index contributed by atoms with van der Waals surface area (Å²) in [6, 6.07) is 4.44. The second-order valence-electron chi connectivity index (χ2n) is 7.20. The Morgan fingerprint density at radius 1 is 1.26 bits per heavy atom. The topological polar surface area (TPSA) is 123 Å². The number of nitro groups is 1. The highest BCUT2D eigenvalue weighted by molar-refractivity contribution is 5.95. The number of piperazine rings is 1. The molecule has 2 aromatic rings. The van der Waals surface area contributed by atoms with Gasteiger partial charge in [-0.3, -0.25) is 24.6 Å². The van der Waals surface area contributed by atoms with Crippen LogP contribution in [0.25, 0.3) is 5.69 Å². The zero-order valence-electron chi connectivity index (χ0n) is 17.4. The molecule has 0 atom stereocenters. The Kier molecular flexibility index (Phi) is 7.68. The van der Waals surface area contributed by atoms with Gasteiger partial charge < -0.3 is 19.5 Å². The molecule has 1 saturated heterocycles. The lowest BCUT2D eigenvalue weighted by Gasteiger charge is -2.34. The van der Waals surface area contributed by atoms with E-state index in [-0.39, 0.29) is 29.6 Å². The first-order valence-electron chi connectivity index (χ1n) is 10.0. The summed E-state index contributed by atoms with van der Waals surface area (Å²) in [6.45, 7) is 3.47. The Bertz CT molecular complexity index is 909. The summed E-state index contributed by atoms with van der Waals surface area (Å²) in [5.74, 6) is -0.314. The highest BCUT2D eigenvalue weighted by atomic mass is 16.6. The molecule has 31 heavy (non-hydrogen) atoms. The third-order valence-electron chi connectivity index (χ3n) is 5.08. The first-order chi connectivity index (χ1) is 15.0. The highest BCUT2D eigenvalue weighted by Crippen LogP contribution is 2.25. The number of imidazole rings is 1. The van der Waals surface area contributed by atoms with Gasteiger partial charge in [0.1, 0.15) is 5.69 Å². The fourth-order valence-corrected chi connectivity index (χ4v) is 3.42. The molecule has 0 bridgehead atoms. The number of benzene rings is 1. The SMILES string of the molecule is COCCCNC(=O)CN1CCN(C(=O)c2ccc(-n3ccnc3)c([N+](=O)[O-])c2)CC1.